The number of ether oxygens (including phenoxy) is 2. The summed E-state index contributed by atoms with van der Waals surface area (Å²) in [7, 11) is 3.31. The van der Waals surface area contributed by atoms with Gasteiger partial charge in [0, 0.05) is 26.8 Å². The molecule has 15 heavy (non-hydrogen) atoms. The van der Waals surface area contributed by atoms with Gasteiger partial charge in [-0.2, -0.15) is 0 Å². The fraction of sp³-hybridized carbons (Fsp3) is 0.900. The molecule has 0 amide bonds. The normalized spacial score (nSPS) is 25.3. The minimum atomic E-state index is -0.785. The number of aliphatic carboxylic acids is 1. The van der Waals surface area contributed by atoms with Gasteiger partial charge in [-0.05, 0) is 12.8 Å². The Bertz CT molecular complexity index is 204. The van der Waals surface area contributed by atoms with E-state index >= 15 is 0 Å². The van der Waals surface area contributed by atoms with Gasteiger partial charge in [-0.15, -0.1) is 0 Å². The molecule has 0 aromatic carbocycles. The number of hydrogen-bond acceptors (Lipinski definition) is 4. The molecule has 0 saturated heterocycles. The van der Waals surface area contributed by atoms with Gasteiger partial charge in [-0.3, -0.25) is 9.69 Å². The third-order valence-corrected chi connectivity index (χ3v) is 2.84. The van der Waals surface area contributed by atoms with Gasteiger partial charge in [0.25, 0.3) is 0 Å². The van der Waals surface area contributed by atoms with Crippen LogP contribution in [0.1, 0.15) is 12.8 Å². The van der Waals surface area contributed by atoms with Crippen molar-refractivity contribution in [1.82, 2.24) is 4.90 Å². The molecule has 5 nitrogen and oxygen atoms in total. The van der Waals surface area contributed by atoms with Crippen molar-refractivity contribution < 1.29 is 19.4 Å². The summed E-state index contributed by atoms with van der Waals surface area (Å²) >= 11 is 0. The molecule has 0 aromatic heterocycles. The standard InChI is InChI=1S/C10H19NO4/c1-14-4-3-11(7-10(12)13)8-5-9(6-8)15-2/h8-9H,3-7H2,1-2H3,(H,12,13). The van der Waals surface area contributed by atoms with E-state index in [0.717, 1.165) is 12.8 Å². The molecule has 1 fully saturated rings. The van der Waals surface area contributed by atoms with Crippen LogP contribution in [0.2, 0.25) is 0 Å². The van der Waals surface area contributed by atoms with E-state index in [0.29, 0.717) is 25.3 Å². The highest BCUT2D eigenvalue weighted by Gasteiger charge is 2.34. The van der Waals surface area contributed by atoms with Crippen LogP contribution in [0.3, 0.4) is 0 Å². The Kier molecular flexibility index (Phi) is 5.01. The third-order valence-electron chi connectivity index (χ3n) is 2.84. The average Bonchev–Trinajstić information content (AvgIpc) is 2.11. The molecule has 0 bridgehead atoms. The van der Waals surface area contributed by atoms with Gasteiger partial charge in [-0.1, -0.05) is 0 Å². The van der Waals surface area contributed by atoms with E-state index in [1.807, 2.05) is 4.90 Å². The fourth-order valence-corrected chi connectivity index (χ4v) is 1.80. The Morgan fingerprint density at radius 3 is 2.60 bits per heavy atom. The Labute approximate surface area is 90.0 Å². The molecule has 0 heterocycles. The lowest BCUT2D eigenvalue weighted by atomic mass is 9.88. The molecule has 0 spiro atoms. The number of carbonyl (C=O) groups is 1. The van der Waals surface area contributed by atoms with E-state index in [9.17, 15) is 4.79 Å². The number of rotatable bonds is 7. The molecule has 0 unspecified atom stereocenters. The lowest BCUT2D eigenvalue weighted by molar-refractivity contribution is -0.140. The van der Waals surface area contributed by atoms with Gasteiger partial charge in [0.15, 0.2) is 0 Å². The van der Waals surface area contributed by atoms with Crippen LogP contribution in [0.25, 0.3) is 0 Å². The highest BCUT2D eigenvalue weighted by molar-refractivity contribution is 5.69. The molecule has 0 aliphatic heterocycles. The molecule has 0 radical (unpaired) electrons. The van der Waals surface area contributed by atoms with Crippen LogP contribution in [0.4, 0.5) is 0 Å². The van der Waals surface area contributed by atoms with Crippen LogP contribution in [0.15, 0.2) is 0 Å². The van der Waals surface area contributed by atoms with Gasteiger partial charge >= 0.3 is 5.97 Å². The van der Waals surface area contributed by atoms with E-state index in [2.05, 4.69) is 0 Å². The summed E-state index contributed by atoms with van der Waals surface area (Å²) in [5, 5.41) is 8.76. The molecule has 0 atom stereocenters. The summed E-state index contributed by atoms with van der Waals surface area (Å²) in [6, 6.07) is 0.334. The number of nitrogens with zero attached hydrogens (tertiary/aromatic N) is 1. The van der Waals surface area contributed by atoms with Gasteiger partial charge in [-0.25, -0.2) is 0 Å². The van der Waals surface area contributed by atoms with E-state index in [1.165, 1.54) is 0 Å². The molecular formula is C10H19NO4. The average molecular weight is 217 g/mol. The monoisotopic (exact) mass is 217 g/mol. The number of hydrogen-bond donors (Lipinski definition) is 1. The number of carboxylic acids is 1. The first-order valence-corrected chi connectivity index (χ1v) is 5.15. The summed E-state index contributed by atoms with van der Waals surface area (Å²) in [5.74, 6) is -0.785. The highest BCUT2D eigenvalue weighted by Crippen LogP contribution is 2.27. The van der Waals surface area contributed by atoms with Crippen molar-refractivity contribution in [1.29, 1.82) is 0 Å². The van der Waals surface area contributed by atoms with Gasteiger partial charge in [0.2, 0.25) is 0 Å². The first-order chi connectivity index (χ1) is 7.17. The minimum absolute atomic E-state index is 0.0878. The largest absolute Gasteiger partial charge is 0.480 e. The molecule has 1 rings (SSSR count). The first kappa shape index (κ1) is 12.4. The molecule has 1 N–H and O–H groups in total. The van der Waals surface area contributed by atoms with Crippen LogP contribution < -0.4 is 0 Å². The van der Waals surface area contributed by atoms with Crippen LogP contribution >= 0.6 is 0 Å². The second kappa shape index (κ2) is 6.05. The maximum Gasteiger partial charge on any atom is 0.317 e. The van der Waals surface area contributed by atoms with Gasteiger partial charge in [0.1, 0.15) is 0 Å². The SMILES string of the molecule is COCCN(CC(=O)O)C1CC(OC)C1. The third kappa shape index (κ3) is 3.77. The highest BCUT2D eigenvalue weighted by atomic mass is 16.5. The molecular weight excluding hydrogens is 198 g/mol. The second-order valence-electron chi connectivity index (χ2n) is 3.84. The summed E-state index contributed by atoms with van der Waals surface area (Å²) in [5.41, 5.74) is 0. The van der Waals surface area contributed by atoms with Crippen molar-refractivity contribution in [3.05, 3.63) is 0 Å². The van der Waals surface area contributed by atoms with Crippen molar-refractivity contribution in [2.24, 2.45) is 0 Å². The van der Waals surface area contributed by atoms with Gasteiger partial charge < -0.3 is 14.6 Å². The van der Waals surface area contributed by atoms with Crippen LogP contribution in [-0.2, 0) is 14.3 Å². The molecule has 1 saturated carbocycles. The Hall–Kier alpha value is -0.650. The molecule has 1 aliphatic carbocycles. The lowest BCUT2D eigenvalue weighted by Crippen LogP contribution is -2.50. The Morgan fingerprint density at radius 2 is 2.13 bits per heavy atom. The zero-order valence-corrected chi connectivity index (χ0v) is 9.31. The summed E-state index contributed by atoms with van der Waals surface area (Å²) in [6.45, 7) is 1.33. The van der Waals surface area contributed by atoms with E-state index in [1.54, 1.807) is 14.2 Å². The second-order valence-corrected chi connectivity index (χ2v) is 3.84. The Balaban J connectivity index is 2.32. The number of methoxy groups -OCH3 is 2. The maximum absolute atomic E-state index is 10.7. The van der Waals surface area contributed by atoms with Crippen LogP contribution in [0, 0.1) is 0 Å². The lowest BCUT2D eigenvalue weighted by Gasteiger charge is -2.41. The summed E-state index contributed by atoms with van der Waals surface area (Å²) in [6.07, 6.45) is 2.15. The molecule has 1 aliphatic rings. The van der Waals surface area contributed by atoms with Crippen molar-refractivity contribution in [3.63, 3.8) is 0 Å². The van der Waals surface area contributed by atoms with Crippen LogP contribution in [0.5, 0.6) is 0 Å². The minimum Gasteiger partial charge on any atom is -0.480 e. The van der Waals surface area contributed by atoms with E-state index < -0.39 is 5.97 Å². The van der Waals surface area contributed by atoms with E-state index in [4.69, 9.17) is 14.6 Å². The predicted octanol–water partition coefficient (Wildman–Crippen LogP) is 0.197. The fourth-order valence-electron chi connectivity index (χ4n) is 1.80. The molecule has 5 heteroatoms. The molecule has 0 aromatic rings. The number of carboxylic acid groups (broad SMARTS) is 1. The van der Waals surface area contributed by atoms with Crippen molar-refractivity contribution in [2.45, 2.75) is 25.0 Å². The Morgan fingerprint density at radius 1 is 1.47 bits per heavy atom. The maximum atomic E-state index is 10.7. The smallest absolute Gasteiger partial charge is 0.317 e. The topological polar surface area (TPSA) is 59.0 Å². The molecule has 88 valence electrons. The van der Waals surface area contributed by atoms with Gasteiger partial charge in [0.05, 0.1) is 19.3 Å². The van der Waals surface area contributed by atoms with Crippen molar-refractivity contribution in [2.75, 3.05) is 33.9 Å². The van der Waals surface area contributed by atoms with Crippen LogP contribution in [-0.4, -0.2) is 62.0 Å². The first-order valence-electron chi connectivity index (χ1n) is 5.15. The zero-order valence-electron chi connectivity index (χ0n) is 9.31. The predicted molar refractivity (Wildman–Crippen MR) is 54.9 cm³/mol. The quantitative estimate of drug-likeness (QED) is 0.660. The van der Waals surface area contributed by atoms with E-state index in [-0.39, 0.29) is 6.54 Å². The zero-order chi connectivity index (χ0) is 11.3. The van der Waals surface area contributed by atoms with Crippen molar-refractivity contribution >= 4 is 5.97 Å². The van der Waals surface area contributed by atoms with Crippen molar-refractivity contribution in [3.8, 4) is 0 Å². The summed E-state index contributed by atoms with van der Waals surface area (Å²) in [4.78, 5) is 12.6. The summed E-state index contributed by atoms with van der Waals surface area (Å²) < 4.78 is 10.1.